The van der Waals surface area contributed by atoms with Crippen molar-refractivity contribution < 1.29 is 14.3 Å². The summed E-state index contributed by atoms with van der Waals surface area (Å²) in [4.78, 5) is 23.6. The van der Waals surface area contributed by atoms with Crippen molar-refractivity contribution in [2.45, 2.75) is 13.0 Å². The summed E-state index contributed by atoms with van der Waals surface area (Å²) in [7, 11) is 1.49. The second-order valence-corrected chi connectivity index (χ2v) is 5.33. The van der Waals surface area contributed by atoms with Crippen molar-refractivity contribution in [2.75, 3.05) is 7.05 Å². The number of halogens is 1. The Morgan fingerprint density at radius 2 is 2.05 bits per heavy atom. The minimum Gasteiger partial charge on any atom is -0.448 e. The van der Waals surface area contributed by atoms with E-state index < -0.39 is 12.1 Å². The number of amides is 1. The molecule has 1 atom stereocenters. The van der Waals surface area contributed by atoms with Gasteiger partial charge in [-0.05, 0) is 13.0 Å². The predicted octanol–water partition coefficient (Wildman–Crippen LogP) is 2.85. The topological polar surface area (TPSA) is 55.4 Å². The van der Waals surface area contributed by atoms with E-state index in [1.54, 1.807) is 0 Å². The van der Waals surface area contributed by atoms with Crippen LogP contribution in [0.2, 0.25) is 5.02 Å². The molecule has 0 bridgehead atoms. The summed E-state index contributed by atoms with van der Waals surface area (Å²) >= 11 is 7.41. The van der Waals surface area contributed by atoms with Gasteiger partial charge in [0.1, 0.15) is 4.88 Å². The SMILES string of the molecule is CNC(=O)[C@H](C)OC(=O)c1sc2ccccc2c1Cl. The minimum atomic E-state index is -0.848. The molecule has 1 aromatic carbocycles. The summed E-state index contributed by atoms with van der Waals surface area (Å²) in [6.45, 7) is 1.51. The molecule has 0 fully saturated rings. The van der Waals surface area contributed by atoms with Crippen LogP contribution in [-0.4, -0.2) is 25.0 Å². The van der Waals surface area contributed by atoms with Gasteiger partial charge in [-0.3, -0.25) is 4.79 Å². The van der Waals surface area contributed by atoms with Gasteiger partial charge in [-0.2, -0.15) is 0 Å². The molecule has 100 valence electrons. The lowest BCUT2D eigenvalue weighted by Gasteiger charge is -2.10. The highest BCUT2D eigenvalue weighted by Gasteiger charge is 2.22. The highest BCUT2D eigenvalue weighted by molar-refractivity contribution is 7.21. The van der Waals surface area contributed by atoms with Gasteiger partial charge < -0.3 is 10.1 Å². The first-order chi connectivity index (χ1) is 9.04. The number of nitrogens with one attached hydrogen (secondary N) is 1. The van der Waals surface area contributed by atoms with Gasteiger partial charge in [-0.25, -0.2) is 4.79 Å². The molecule has 0 aliphatic carbocycles. The van der Waals surface area contributed by atoms with Crippen LogP contribution in [0, 0.1) is 0 Å². The van der Waals surface area contributed by atoms with E-state index in [9.17, 15) is 9.59 Å². The molecule has 6 heteroatoms. The first kappa shape index (κ1) is 13.8. The predicted molar refractivity (Wildman–Crippen MR) is 75.8 cm³/mol. The number of ether oxygens (including phenoxy) is 1. The molecule has 1 aromatic heterocycles. The highest BCUT2D eigenvalue weighted by atomic mass is 35.5. The van der Waals surface area contributed by atoms with Gasteiger partial charge in [0.15, 0.2) is 6.10 Å². The molecule has 1 amide bonds. The normalized spacial score (nSPS) is 12.2. The van der Waals surface area contributed by atoms with Crippen LogP contribution < -0.4 is 5.32 Å². The maximum atomic E-state index is 12.0. The van der Waals surface area contributed by atoms with Crippen molar-refractivity contribution in [3.05, 3.63) is 34.2 Å². The third-order valence-electron chi connectivity index (χ3n) is 2.62. The van der Waals surface area contributed by atoms with Gasteiger partial charge >= 0.3 is 5.97 Å². The Kier molecular flexibility index (Phi) is 4.07. The third-order valence-corrected chi connectivity index (χ3v) is 4.28. The fraction of sp³-hybridized carbons (Fsp3) is 0.231. The van der Waals surface area contributed by atoms with Crippen molar-refractivity contribution in [1.82, 2.24) is 5.32 Å². The largest absolute Gasteiger partial charge is 0.448 e. The van der Waals surface area contributed by atoms with Crippen LogP contribution in [0.3, 0.4) is 0 Å². The van der Waals surface area contributed by atoms with Crippen LogP contribution >= 0.6 is 22.9 Å². The molecule has 1 N–H and O–H groups in total. The lowest BCUT2D eigenvalue weighted by molar-refractivity contribution is -0.128. The maximum Gasteiger partial charge on any atom is 0.350 e. The summed E-state index contributed by atoms with van der Waals surface area (Å²) in [6.07, 6.45) is -0.848. The Morgan fingerprint density at radius 3 is 2.68 bits per heavy atom. The van der Waals surface area contributed by atoms with E-state index in [-0.39, 0.29) is 5.91 Å². The number of carbonyl (C=O) groups excluding carboxylic acids is 2. The molecule has 19 heavy (non-hydrogen) atoms. The minimum absolute atomic E-state index is 0.318. The highest BCUT2D eigenvalue weighted by Crippen LogP contribution is 2.35. The van der Waals surface area contributed by atoms with E-state index >= 15 is 0 Å². The molecule has 0 aliphatic heterocycles. The Morgan fingerprint density at radius 1 is 1.37 bits per heavy atom. The molecular formula is C13H12ClNO3S. The van der Waals surface area contributed by atoms with Gasteiger partial charge in [0, 0.05) is 17.1 Å². The molecule has 0 saturated carbocycles. The number of fused-ring (bicyclic) bond motifs is 1. The molecule has 2 aromatic rings. The van der Waals surface area contributed by atoms with Crippen LogP contribution in [0.4, 0.5) is 0 Å². The van der Waals surface area contributed by atoms with Gasteiger partial charge in [-0.1, -0.05) is 29.8 Å². The van der Waals surface area contributed by atoms with Crippen molar-refractivity contribution in [3.8, 4) is 0 Å². The van der Waals surface area contributed by atoms with Gasteiger partial charge in [-0.15, -0.1) is 11.3 Å². The summed E-state index contributed by atoms with van der Waals surface area (Å²) in [5.41, 5.74) is 0. The number of hydrogen-bond acceptors (Lipinski definition) is 4. The molecular weight excluding hydrogens is 286 g/mol. The van der Waals surface area contributed by atoms with Crippen LogP contribution in [-0.2, 0) is 9.53 Å². The van der Waals surface area contributed by atoms with Crippen molar-refractivity contribution in [1.29, 1.82) is 0 Å². The van der Waals surface area contributed by atoms with Crippen LogP contribution in [0.5, 0.6) is 0 Å². The molecule has 1 heterocycles. The molecule has 4 nitrogen and oxygen atoms in total. The Labute approximate surface area is 119 Å². The first-order valence-corrected chi connectivity index (χ1v) is 6.83. The Balaban J connectivity index is 2.27. The fourth-order valence-corrected chi connectivity index (χ4v) is 3.01. The van der Waals surface area contributed by atoms with Crippen LogP contribution in [0.25, 0.3) is 10.1 Å². The van der Waals surface area contributed by atoms with Gasteiger partial charge in [0.2, 0.25) is 0 Å². The lowest BCUT2D eigenvalue weighted by Crippen LogP contribution is -2.33. The second-order valence-electron chi connectivity index (χ2n) is 3.90. The van der Waals surface area contributed by atoms with E-state index in [0.717, 1.165) is 10.1 Å². The number of likely N-dealkylation sites (N-methyl/N-ethyl adjacent to an activating group) is 1. The fourth-order valence-electron chi connectivity index (χ4n) is 1.62. The van der Waals surface area contributed by atoms with E-state index in [4.69, 9.17) is 16.3 Å². The molecule has 0 spiro atoms. The number of benzene rings is 1. The van der Waals surface area contributed by atoms with Gasteiger partial charge in [0.25, 0.3) is 5.91 Å². The van der Waals surface area contributed by atoms with E-state index in [1.807, 2.05) is 24.3 Å². The zero-order valence-corrected chi connectivity index (χ0v) is 12.0. The van der Waals surface area contributed by atoms with E-state index in [0.29, 0.717) is 9.90 Å². The number of thiophene rings is 1. The molecule has 2 rings (SSSR count). The monoisotopic (exact) mass is 297 g/mol. The summed E-state index contributed by atoms with van der Waals surface area (Å²) in [5, 5.41) is 3.60. The Hall–Kier alpha value is -1.59. The van der Waals surface area contributed by atoms with Gasteiger partial charge in [0.05, 0.1) is 5.02 Å². The van der Waals surface area contributed by atoms with Crippen LogP contribution in [0.15, 0.2) is 24.3 Å². The van der Waals surface area contributed by atoms with E-state index in [2.05, 4.69) is 5.32 Å². The Bertz CT molecular complexity index is 638. The molecule has 0 saturated heterocycles. The standard InChI is InChI=1S/C13H12ClNO3S/c1-7(12(16)15-2)18-13(17)11-10(14)8-5-3-4-6-9(8)19-11/h3-7H,1-2H3,(H,15,16)/t7-/m0/s1. The van der Waals surface area contributed by atoms with Crippen molar-refractivity contribution in [3.63, 3.8) is 0 Å². The molecule has 0 radical (unpaired) electrons. The number of hydrogen-bond donors (Lipinski definition) is 1. The average Bonchev–Trinajstić information content (AvgIpc) is 2.75. The zero-order chi connectivity index (χ0) is 14.0. The average molecular weight is 298 g/mol. The first-order valence-electron chi connectivity index (χ1n) is 5.64. The number of carbonyl (C=O) groups is 2. The summed E-state index contributed by atoms with van der Waals surface area (Å²) < 4.78 is 5.98. The molecule has 0 unspecified atom stereocenters. The van der Waals surface area contributed by atoms with Crippen molar-refractivity contribution >= 4 is 44.9 Å². The maximum absolute atomic E-state index is 12.0. The lowest BCUT2D eigenvalue weighted by atomic mass is 10.2. The summed E-state index contributed by atoms with van der Waals surface area (Å²) in [6, 6.07) is 7.44. The number of rotatable bonds is 3. The van der Waals surface area contributed by atoms with E-state index in [1.165, 1.54) is 25.3 Å². The number of esters is 1. The quantitative estimate of drug-likeness (QED) is 0.886. The second kappa shape index (κ2) is 5.59. The molecule has 0 aliphatic rings. The summed E-state index contributed by atoms with van der Waals surface area (Å²) in [5.74, 6) is -0.937. The zero-order valence-electron chi connectivity index (χ0n) is 10.4. The smallest absolute Gasteiger partial charge is 0.350 e. The third kappa shape index (κ3) is 2.72. The van der Waals surface area contributed by atoms with Crippen LogP contribution in [0.1, 0.15) is 16.6 Å². The van der Waals surface area contributed by atoms with Crippen molar-refractivity contribution in [2.24, 2.45) is 0 Å².